The number of carbonyl (C=O) groups is 1. The third-order valence-corrected chi connectivity index (χ3v) is 4.70. The van der Waals surface area contributed by atoms with Crippen LogP contribution in [0.15, 0.2) is 24.3 Å². The molecule has 2 aliphatic heterocycles. The van der Waals surface area contributed by atoms with Gasteiger partial charge >= 0.3 is 0 Å². The molecule has 3 heterocycles. The van der Waals surface area contributed by atoms with Crippen molar-refractivity contribution in [2.45, 2.75) is 19.3 Å². The Morgan fingerprint density at radius 1 is 1.25 bits per heavy atom. The van der Waals surface area contributed by atoms with Crippen molar-refractivity contribution in [2.24, 2.45) is 0 Å². The van der Waals surface area contributed by atoms with E-state index < -0.39 is 0 Å². The quantitative estimate of drug-likeness (QED) is 0.885. The summed E-state index contributed by atoms with van der Waals surface area (Å²) in [5, 5.41) is 12.2. The zero-order valence-corrected chi connectivity index (χ0v) is 13.9. The molecule has 0 bridgehead atoms. The van der Waals surface area contributed by atoms with Gasteiger partial charge in [0.1, 0.15) is 6.10 Å². The first kappa shape index (κ1) is 15.6. The summed E-state index contributed by atoms with van der Waals surface area (Å²) in [6, 6.07) is 7.58. The fourth-order valence-corrected chi connectivity index (χ4v) is 3.20. The molecule has 8 heteroatoms. The number of fused-ring (bicyclic) bond motifs is 1. The number of ether oxygens (including phenoxy) is 1. The molecular weight excluding hydrogens is 330 g/mol. The third-order valence-electron chi connectivity index (χ3n) is 4.45. The highest BCUT2D eigenvalue weighted by atomic mass is 35.5. The molecule has 1 aromatic heterocycles. The Balaban J connectivity index is 1.53. The van der Waals surface area contributed by atoms with E-state index in [0.717, 1.165) is 24.3 Å². The van der Waals surface area contributed by atoms with E-state index in [0.29, 0.717) is 37.0 Å². The molecule has 7 nitrogen and oxygen atoms in total. The Kier molecular flexibility index (Phi) is 4.22. The van der Waals surface area contributed by atoms with Gasteiger partial charge in [0.15, 0.2) is 5.69 Å². The SMILES string of the molecule is O=C(c1nnn2c1COC(c1ccc(Cl)cc1)C2)N1CCNCC1. The molecule has 4 rings (SSSR count). The lowest BCUT2D eigenvalue weighted by molar-refractivity contribution is -0.00196. The van der Waals surface area contributed by atoms with Crippen LogP contribution in [0.1, 0.15) is 27.8 Å². The summed E-state index contributed by atoms with van der Waals surface area (Å²) in [4.78, 5) is 14.4. The molecule has 0 radical (unpaired) electrons. The topological polar surface area (TPSA) is 72.3 Å². The van der Waals surface area contributed by atoms with E-state index in [1.54, 1.807) is 4.68 Å². The van der Waals surface area contributed by atoms with E-state index in [1.807, 2.05) is 29.2 Å². The van der Waals surface area contributed by atoms with Crippen molar-refractivity contribution >= 4 is 17.5 Å². The maximum absolute atomic E-state index is 12.6. The van der Waals surface area contributed by atoms with E-state index in [4.69, 9.17) is 16.3 Å². The monoisotopic (exact) mass is 347 g/mol. The van der Waals surface area contributed by atoms with Gasteiger partial charge in [-0.1, -0.05) is 28.9 Å². The van der Waals surface area contributed by atoms with Gasteiger partial charge in [-0.2, -0.15) is 0 Å². The first-order chi connectivity index (χ1) is 11.7. The fraction of sp³-hybridized carbons (Fsp3) is 0.438. The number of nitrogens with one attached hydrogen (secondary N) is 1. The summed E-state index contributed by atoms with van der Waals surface area (Å²) < 4.78 is 7.72. The van der Waals surface area contributed by atoms with Crippen molar-refractivity contribution in [3.63, 3.8) is 0 Å². The van der Waals surface area contributed by atoms with Crippen molar-refractivity contribution in [2.75, 3.05) is 26.2 Å². The highest BCUT2D eigenvalue weighted by molar-refractivity contribution is 6.30. The van der Waals surface area contributed by atoms with Crippen LogP contribution in [0.4, 0.5) is 0 Å². The second-order valence-electron chi connectivity index (χ2n) is 5.96. The molecule has 24 heavy (non-hydrogen) atoms. The van der Waals surface area contributed by atoms with E-state index in [-0.39, 0.29) is 12.0 Å². The van der Waals surface area contributed by atoms with Crippen LogP contribution < -0.4 is 5.32 Å². The minimum Gasteiger partial charge on any atom is -0.365 e. The molecule has 0 spiro atoms. The lowest BCUT2D eigenvalue weighted by Gasteiger charge is -2.28. The van der Waals surface area contributed by atoms with Gasteiger partial charge in [-0.05, 0) is 17.7 Å². The van der Waals surface area contributed by atoms with Crippen LogP contribution in [0.3, 0.4) is 0 Å². The van der Waals surface area contributed by atoms with Crippen LogP contribution in [0.25, 0.3) is 0 Å². The van der Waals surface area contributed by atoms with Crippen molar-refractivity contribution in [3.05, 3.63) is 46.2 Å². The molecule has 1 aromatic carbocycles. The van der Waals surface area contributed by atoms with Crippen molar-refractivity contribution < 1.29 is 9.53 Å². The van der Waals surface area contributed by atoms with Crippen LogP contribution in [-0.4, -0.2) is 52.0 Å². The second-order valence-corrected chi connectivity index (χ2v) is 6.40. The molecule has 126 valence electrons. The Morgan fingerprint density at radius 3 is 2.75 bits per heavy atom. The molecule has 2 aliphatic rings. The van der Waals surface area contributed by atoms with Crippen LogP contribution in [-0.2, 0) is 17.9 Å². The molecule has 1 atom stereocenters. The van der Waals surface area contributed by atoms with Gasteiger partial charge in [0, 0.05) is 31.2 Å². The standard InChI is InChI=1S/C16H18ClN5O2/c17-12-3-1-11(2-4-12)14-9-22-13(10-24-14)15(19-20-22)16(23)21-7-5-18-6-8-21/h1-4,14,18H,5-10H2. The van der Waals surface area contributed by atoms with Gasteiger partial charge in [0.2, 0.25) is 0 Å². The number of hydrogen-bond donors (Lipinski definition) is 1. The molecule has 1 unspecified atom stereocenters. The number of amides is 1. The first-order valence-electron chi connectivity index (χ1n) is 8.02. The van der Waals surface area contributed by atoms with Gasteiger partial charge in [-0.15, -0.1) is 5.10 Å². The Labute approximate surface area is 144 Å². The van der Waals surface area contributed by atoms with Crippen molar-refractivity contribution in [1.82, 2.24) is 25.2 Å². The minimum absolute atomic E-state index is 0.0636. The number of piperazine rings is 1. The Bertz CT molecular complexity index is 739. The Morgan fingerprint density at radius 2 is 2.00 bits per heavy atom. The molecule has 1 fully saturated rings. The molecule has 1 amide bonds. The lowest BCUT2D eigenvalue weighted by atomic mass is 10.1. The summed E-state index contributed by atoms with van der Waals surface area (Å²) in [5.41, 5.74) is 2.20. The smallest absolute Gasteiger partial charge is 0.276 e. The molecule has 0 aliphatic carbocycles. The predicted molar refractivity (Wildman–Crippen MR) is 87.8 cm³/mol. The molecular formula is C16H18ClN5O2. The van der Waals surface area contributed by atoms with Gasteiger partial charge in [0.05, 0.1) is 18.8 Å². The number of benzene rings is 1. The average Bonchev–Trinajstić information content (AvgIpc) is 3.05. The van der Waals surface area contributed by atoms with Crippen molar-refractivity contribution in [1.29, 1.82) is 0 Å². The summed E-state index contributed by atoms with van der Waals surface area (Å²) in [7, 11) is 0. The molecule has 1 saturated heterocycles. The van der Waals surface area contributed by atoms with E-state index >= 15 is 0 Å². The van der Waals surface area contributed by atoms with E-state index in [9.17, 15) is 4.79 Å². The largest absolute Gasteiger partial charge is 0.365 e. The maximum atomic E-state index is 12.6. The summed E-state index contributed by atoms with van der Waals surface area (Å²) >= 11 is 5.93. The number of rotatable bonds is 2. The van der Waals surface area contributed by atoms with Crippen LogP contribution in [0.5, 0.6) is 0 Å². The highest BCUT2D eigenvalue weighted by Crippen LogP contribution is 2.28. The average molecular weight is 348 g/mol. The Hall–Kier alpha value is -1.96. The fourth-order valence-electron chi connectivity index (χ4n) is 3.07. The molecule has 0 saturated carbocycles. The predicted octanol–water partition coefficient (Wildman–Crippen LogP) is 1.25. The minimum atomic E-state index is -0.112. The van der Waals surface area contributed by atoms with Crippen LogP contribution in [0, 0.1) is 0 Å². The highest BCUT2D eigenvalue weighted by Gasteiger charge is 2.30. The van der Waals surface area contributed by atoms with Gasteiger partial charge in [-0.3, -0.25) is 4.79 Å². The summed E-state index contributed by atoms with van der Waals surface area (Å²) in [6.45, 7) is 3.87. The zero-order valence-electron chi connectivity index (χ0n) is 13.1. The number of carbonyl (C=O) groups excluding carboxylic acids is 1. The second kappa shape index (κ2) is 6.51. The van der Waals surface area contributed by atoms with Crippen LogP contribution in [0.2, 0.25) is 5.02 Å². The first-order valence-corrected chi connectivity index (χ1v) is 8.39. The summed E-state index contributed by atoms with van der Waals surface area (Å²) in [6.07, 6.45) is -0.112. The van der Waals surface area contributed by atoms with E-state index in [1.165, 1.54) is 0 Å². The normalized spacial score (nSPS) is 20.7. The number of hydrogen-bond acceptors (Lipinski definition) is 5. The lowest BCUT2D eigenvalue weighted by Crippen LogP contribution is -2.46. The summed E-state index contributed by atoms with van der Waals surface area (Å²) in [5.74, 6) is -0.0636. The van der Waals surface area contributed by atoms with Gasteiger partial charge < -0.3 is 15.0 Å². The van der Waals surface area contributed by atoms with Crippen LogP contribution >= 0.6 is 11.6 Å². The van der Waals surface area contributed by atoms with Gasteiger partial charge in [0.25, 0.3) is 5.91 Å². The number of nitrogens with zero attached hydrogens (tertiary/aromatic N) is 4. The zero-order chi connectivity index (χ0) is 16.5. The van der Waals surface area contributed by atoms with E-state index in [2.05, 4.69) is 15.6 Å². The molecule has 1 N–H and O–H groups in total. The number of aromatic nitrogens is 3. The third kappa shape index (κ3) is 2.90. The number of halogens is 1. The van der Waals surface area contributed by atoms with Crippen molar-refractivity contribution in [3.8, 4) is 0 Å². The molecule has 2 aromatic rings. The van der Waals surface area contributed by atoms with Gasteiger partial charge in [-0.25, -0.2) is 4.68 Å². The maximum Gasteiger partial charge on any atom is 0.276 e.